The molecule has 1 aliphatic heterocycles. The van der Waals surface area contributed by atoms with E-state index in [0.717, 1.165) is 36.0 Å². The first-order valence-corrected chi connectivity index (χ1v) is 12.0. The summed E-state index contributed by atoms with van der Waals surface area (Å²) < 4.78 is 13.0. The van der Waals surface area contributed by atoms with Gasteiger partial charge in [0, 0.05) is 37.1 Å². The number of fused-ring (bicyclic) bond motifs is 1. The Hall–Kier alpha value is 0.804. The fourth-order valence-electron chi connectivity index (χ4n) is 4.33. The average molecular weight is 753 g/mol. The molecule has 0 atom stereocenters. The van der Waals surface area contributed by atoms with Crippen LogP contribution in [0.1, 0.15) is 75.5 Å². The summed E-state index contributed by atoms with van der Waals surface area (Å²) in [6.45, 7) is 9.96. The van der Waals surface area contributed by atoms with Crippen LogP contribution in [0.25, 0.3) is 10.9 Å². The predicted molar refractivity (Wildman–Crippen MR) is 124 cm³/mol. The van der Waals surface area contributed by atoms with Crippen molar-refractivity contribution in [2.75, 3.05) is 19.7 Å². The smallest absolute Gasteiger partial charge is 0.652 e. The van der Waals surface area contributed by atoms with Gasteiger partial charge in [-0.1, -0.05) is 0 Å². The summed E-state index contributed by atoms with van der Waals surface area (Å²) in [5, 5.41) is 17.7. The van der Waals surface area contributed by atoms with E-state index in [9.17, 15) is 9.59 Å². The predicted octanol–water partition coefficient (Wildman–Crippen LogP) is -3.70. The Morgan fingerprint density at radius 2 is 1.68 bits per heavy atom. The third-order valence-corrected chi connectivity index (χ3v) is 5.99. The minimum Gasteiger partial charge on any atom is -0.652 e. The van der Waals surface area contributed by atoms with Crippen molar-refractivity contribution in [2.45, 2.75) is 71.4 Å². The maximum absolute atomic E-state index is 12.6. The van der Waals surface area contributed by atoms with Gasteiger partial charge >= 0.3 is 150 Å². The summed E-state index contributed by atoms with van der Waals surface area (Å²) in [7, 11) is 0. The summed E-state index contributed by atoms with van der Waals surface area (Å²) in [6, 6.07) is 3.91. The topological polar surface area (TPSA) is 137 Å². The number of piperidine rings is 1. The summed E-state index contributed by atoms with van der Waals surface area (Å²) in [4.78, 5) is 39.9. The number of likely N-dealkylation sites (tertiary alicyclic amines) is 1. The Morgan fingerprint density at radius 1 is 1.08 bits per heavy atom. The van der Waals surface area contributed by atoms with Gasteiger partial charge < -0.3 is 33.9 Å². The number of hydrogen-bond donors (Lipinski definition) is 0. The summed E-state index contributed by atoms with van der Waals surface area (Å²) >= 11 is 0. The second kappa shape index (κ2) is 16.3. The van der Waals surface area contributed by atoms with Crippen LogP contribution in [0, 0.1) is 5.92 Å². The molecule has 192 valence electrons. The number of carboxylic acid groups (broad SMARTS) is 2. The van der Waals surface area contributed by atoms with Crippen LogP contribution in [0.2, 0.25) is 0 Å². The van der Waals surface area contributed by atoms with E-state index < -0.39 is 11.8 Å². The second-order valence-corrected chi connectivity index (χ2v) is 9.93. The fraction of sp³-hybridized carbons (Fsp3) is 0.600. The maximum atomic E-state index is 12.6. The molecule has 0 aromatic carbocycles. The van der Waals surface area contributed by atoms with Crippen LogP contribution in [-0.4, -0.2) is 58.0 Å². The second-order valence-electron chi connectivity index (χ2n) is 9.93. The first-order valence-electron chi connectivity index (χ1n) is 12.0. The van der Waals surface area contributed by atoms with Crippen LogP contribution in [0.4, 0.5) is 9.59 Å². The number of pyridine rings is 1. The van der Waals surface area contributed by atoms with Crippen LogP contribution >= 0.6 is 0 Å². The Morgan fingerprint density at radius 3 is 2.19 bits per heavy atom. The van der Waals surface area contributed by atoms with Crippen molar-refractivity contribution in [3.8, 4) is 0 Å². The van der Waals surface area contributed by atoms with Crippen LogP contribution in [-0.2, 0) is 16.0 Å². The van der Waals surface area contributed by atoms with Gasteiger partial charge in [0.15, 0.2) is 0 Å². The van der Waals surface area contributed by atoms with E-state index in [2.05, 4.69) is 4.57 Å². The van der Waals surface area contributed by atoms with E-state index in [1.165, 1.54) is 12.8 Å². The van der Waals surface area contributed by atoms with Gasteiger partial charge in [-0.3, -0.25) is 4.98 Å². The van der Waals surface area contributed by atoms with Crippen molar-refractivity contribution in [1.29, 1.82) is 0 Å². The molecule has 1 saturated carbocycles. The largest absolute Gasteiger partial charge is 1.00 e. The van der Waals surface area contributed by atoms with E-state index in [1.807, 2.05) is 46.0 Å². The number of nitrogens with zero attached hydrogens (tertiary/aromatic N) is 3. The summed E-state index contributed by atoms with van der Waals surface area (Å²) in [6.07, 6.45) is 3.30. The number of esters is 1. The van der Waals surface area contributed by atoms with E-state index in [1.54, 1.807) is 4.90 Å². The molecule has 37 heavy (non-hydrogen) atoms. The van der Waals surface area contributed by atoms with Crippen molar-refractivity contribution in [1.82, 2.24) is 14.5 Å². The van der Waals surface area contributed by atoms with Gasteiger partial charge in [0.1, 0.15) is 11.3 Å². The first kappa shape index (κ1) is 35.8. The van der Waals surface area contributed by atoms with Crippen molar-refractivity contribution in [3.63, 3.8) is 0 Å². The Bertz CT molecular complexity index is 1070. The van der Waals surface area contributed by atoms with Gasteiger partial charge in [0.25, 0.3) is 0 Å². The molecule has 2 aliphatic rings. The van der Waals surface area contributed by atoms with Gasteiger partial charge in [0.05, 0.1) is 17.8 Å². The van der Waals surface area contributed by atoms with E-state index in [4.69, 9.17) is 29.5 Å². The number of ether oxygens (including phenoxy) is 2. The maximum Gasteiger partial charge on any atom is 1.00 e. The van der Waals surface area contributed by atoms with Crippen molar-refractivity contribution in [2.24, 2.45) is 5.92 Å². The van der Waals surface area contributed by atoms with E-state index >= 15 is 0 Å². The summed E-state index contributed by atoms with van der Waals surface area (Å²) in [5.74, 6) is 0.584. The quantitative estimate of drug-likeness (QED) is 0.285. The molecular weight excluding hydrogens is 720 g/mol. The Kier molecular flexibility index (Phi) is 15.8. The zero-order valence-corrected chi connectivity index (χ0v) is 35.3. The van der Waals surface area contributed by atoms with Gasteiger partial charge in [-0.2, -0.15) is 0 Å². The average Bonchev–Trinajstić information content (AvgIpc) is 3.51. The van der Waals surface area contributed by atoms with Crippen LogP contribution in [0.3, 0.4) is 0 Å². The van der Waals surface area contributed by atoms with Gasteiger partial charge in [-0.15, -0.1) is 0 Å². The number of carbonyl (C=O) groups excluding carboxylic acids is 3. The molecule has 1 aliphatic carbocycles. The SMILES string of the molecule is CCOC(=O)c1cc2ccnc(C3CCN(C(=O)OC(C)(C)C)CC3)c2n1CC1CC1.O=C([O-])[O-].[Cs+].[Cs+]. The number of carbonyl (C=O) groups is 3. The molecule has 3 heterocycles. The first-order chi connectivity index (χ1) is 16.5. The van der Waals surface area contributed by atoms with Crippen LogP contribution in [0.15, 0.2) is 18.3 Å². The third kappa shape index (κ3) is 11.0. The Balaban J connectivity index is 0.00000107. The van der Waals surface area contributed by atoms with Crippen molar-refractivity contribution >= 4 is 29.1 Å². The van der Waals surface area contributed by atoms with E-state index in [0.29, 0.717) is 31.3 Å². The zero-order valence-electron chi connectivity index (χ0n) is 22.7. The minimum absolute atomic E-state index is 0. The molecule has 0 N–H and O–H groups in total. The molecule has 2 fully saturated rings. The molecule has 2 aromatic rings. The zero-order chi connectivity index (χ0) is 25.8. The number of aromatic nitrogens is 2. The normalized spacial score (nSPS) is 15.5. The fourth-order valence-corrected chi connectivity index (χ4v) is 4.33. The molecular formula is C25H33Cs2N3O7. The molecule has 1 amide bonds. The monoisotopic (exact) mass is 753 g/mol. The van der Waals surface area contributed by atoms with Crippen molar-refractivity contribution in [3.05, 3.63) is 29.7 Å². The van der Waals surface area contributed by atoms with Gasteiger partial charge in [-0.05, 0) is 77.6 Å². The van der Waals surface area contributed by atoms with Gasteiger partial charge in [-0.25, -0.2) is 9.59 Å². The van der Waals surface area contributed by atoms with Crippen molar-refractivity contribution < 1.29 is 172 Å². The van der Waals surface area contributed by atoms with Crippen LogP contribution in [0.5, 0.6) is 0 Å². The Labute approximate surface area is 335 Å². The molecule has 2 aromatic heterocycles. The molecule has 10 nitrogen and oxygen atoms in total. The molecule has 0 bridgehead atoms. The van der Waals surface area contributed by atoms with Crippen LogP contribution < -0.4 is 148 Å². The standard InChI is InChI=1S/C24H33N3O4.CH2O3.2Cs/c1-5-30-22(28)19-14-18-8-11-25-20(21(18)27(19)15-16-6-7-16)17-9-12-26(13-10-17)23(29)31-24(2,3)4;2-1(3)4;;/h8,11,14,16-17H,5-7,9-10,12-13,15H2,1-4H3;(H2,2,3,4);;/q;;2*+1/p-2. The molecule has 0 unspecified atom stereocenters. The number of hydrogen-bond acceptors (Lipinski definition) is 8. The van der Waals surface area contributed by atoms with Gasteiger partial charge in [0.2, 0.25) is 0 Å². The third-order valence-electron chi connectivity index (χ3n) is 5.99. The molecule has 0 spiro atoms. The molecule has 4 rings (SSSR count). The molecule has 1 saturated heterocycles. The molecule has 0 radical (unpaired) electrons. The minimum atomic E-state index is -2.33. The van der Waals surface area contributed by atoms with E-state index in [-0.39, 0.29) is 156 Å². The number of rotatable bonds is 5. The number of amides is 1. The molecule has 12 heteroatoms. The summed E-state index contributed by atoms with van der Waals surface area (Å²) in [5.41, 5.74) is 2.20.